The maximum absolute atomic E-state index is 3.84. The van der Waals surface area contributed by atoms with Crippen molar-refractivity contribution in [3.05, 3.63) is 85.5 Å². The van der Waals surface area contributed by atoms with E-state index < -0.39 is 0 Å². The number of rotatable bonds is 3. The third-order valence-electron chi connectivity index (χ3n) is 2.76. The summed E-state index contributed by atoms with van der Waals surface area (Å²) in [6.45, 7) is 17.1. The molecule has 0 N–H and O–H groups in total. The third kappa shape index (κ3) is 5.66. The summed E-state index contributed by atoms with van der Waals surface area (Å²) in [6.07, 6.45) is 9.33. The summed E-state index contributed by atoms with van der Waals surface area (Å²) in [6, 6.07) is 12.5. The van der Waals surface area contributed by atoms with Crippen LogP contribution < -0.4 is 0 Å². The molecule has 0 saturated heterocycles. The monoisotopic (exact) mass is 278 g/mol. The van der Waals surface area contributed by atoms with E-state index >= 15 is 0 Å². The Labute approximate surface area is 129 Å². The summed E-state index contributed by atoms with van der Waals surface area (Å²) in [4.78, 5) is 0. The van der Waals surface area contributed by atoms with Gasteiger partial charge < -0.3 is 0 Å². The SMILES string of the molecule is C=C/C=C/C.C=Cc1ccc2ccccc2c1C=C.CC. The second kappa shape index (κ2) is 11.5. The van der Waals surface area contributed by atoms with Gasteiger partial charge in [0, 0.05) is 0 Å². The molecule has 2 rings (SSSR count). The summed E-state index contributed by atoms with van der Waals surface area (Å²) in [5, 5.41) is 2.48. The van der Waals surface area contributed by atoms with Gasteiger partial charge in [0.2, 0.25) is 0 Å². The first-order valence-electron chi connectivity index (χ1n) is 7.28. The zero-order valence-electron chi connectivity index (χ0n) is 13.5. The second-order valence-electron chi connectivity index (χ2n) is 3.96. The van der Waals surface area contributed by atoms with E-state index in [1.807, 2.05) is 57.2 Å². The van der Waals surface area contributed by atoms with Crippen LogP contribution in [0.2, 0.25) is 0 Å². The number of hydrogen-bond acceptors (Lipinski definition) is 0. The molecule has 0 radical (unpaired) electrons. The molecular formula is C21H26. The van der Waals surface area contributed by atoms with Crippen molar-refractivity contribution in [3.8, 4) is 0 Å². The second-order valence-corrected chi connectivity index (χ2v) is 3.96. The van der Waals surface area contributed by atoms with E-state index in [0.29, 0.717) is 0 Å². The Kier molecular flexibility index (Phi) is 10.2. The van der Waals surface area contributed by atoms with Gasteiger partial charge in [0.1, 0.15) is 0 Å². The molecule has 0 aliphatic rings. The average Bonchev–Trinajstić information content (AvgIpc) is 2.56. The van der Waals surface area contributed by atoms with Gasteiger partial charge in [-0.25, -0.2) is 0 Å². The Bertz CT molecular complexity index is 600. The molecule has 0 atom stereocenters. The van der Waals surface area contributed by atoms with Gasteiger partial charge in [-0.2, -0.15) is 0 Å². The molecule has 21 heavy (non-hydrogen) atoms. The van der Waals surface area contributed by atoms with E-state index in [0.717, 1.165) is 11.1 Å². The fourth-order valence-corrected chi connectivity index (χ4v) is 1.85. The number of benzene rings is 2. The standard InChI is InChI=1S/C14H12.C5H8.C2H6/c1-3-11-9-10-12-7-5-6-8-14(12)13(11)4-2;1-3-5-4-2;1-2/h3-10H,1-2H2;3-5H,1H2,2H3;1-2H3/b;5-4+;. The zero-order chi connectivity index (χ0) is 16.1. The lowest BCUT2D eigenvalue weighted by molar-refractivity contribution is 1.50. The molecule has 0 nitrogen and oxygen atoms in total. The minimum Gasteiger partial charge on any atom is -0.0991 e. The quantitative estimate of drug-likeness (QED) is 0.536. The van der Waals surface area contributed by atoms with Gasteiger partial charge in [0.25, 0.3) is 0 Å². The fraction of sp³-hybridized carbons (Fsp3) is 0.143. The number of allylic oxidation sites excluding steroid dienone is 3. The molecule has 0 amide bonds. The van der Waals surface area contributed by atoms with E-state index in [1.165, 1.54) is 10.8 Å². The summed E-state index contributed by atoms with van der Waals surface area (Å²) in [7, 11) is 0. The van der Waals surface area contributed by atoms with E-state index in [1.54, 1.807) is 6.08 Å². The molecule has 0 heterocycles. The molecule has 0 aliphatic heterocycles. The van der Waals surface area contributed by atoms with Crippen molar-refractivity contribution in [2.75, 3.05) is 0 Å². The van der Waals surface area contributed by atoms with Crippen LogP contribution in [0, 0.1) is 0 Å². The summed E-state index contributed by atoms with van der Waals surface area (Å²) in [5.74, 6) is 0. The van der Waals surface area contributed by atoms with Crippen LogP contribution in [0.1, 0.15) is 31.9 Å². The Morgan fingerprint density at radius 2 is 1.52 bits per heavy atom. The minimum atomic E-state index is 1.14. The fourth-order valence-electron chi connectivity index (χ4n) is 1.85. The van der Waals surface area contributed by atoms with E-state index in [-0.39, 0.29) is 0 Å². The van der Waals surface area contributed by atoms with Gasteiger partial charge in [-0.3, -0.25) is 0 Å². The molecule has 0 bridgehead atoms. The van der Waals surface area contributed by atoms with Crippen molar-refractivity contribution in [2.24, 2.45) is 0 Å². The molecule has 0 spiro atoms. The van der Waals surface area contributed by atoms with Crippen molar-refractivity contribution in [1.82, 2.24) is 0 Å². The van der Waals surface area contributed by atoms with Crippen molar-refractivity contribution in [1.29, 1.82) is 0 Å². The van der Waals surface area contributed by atoms with E-state index in [9.17, 15) is 0 Å². The molecule has 110 valence electrons. The Morgan fingerprint density at radius 3 is 2.00 bits per heavy atom. The first-order chi connectivity index (χ1) is 10.3. The highest BCUT2D eigenvalue weighted by molar-refractivity contribution is 5.93. The maximum atomic E-state index is 3.84. The zero-order valence-corrected chi connectivity index (χ0v) is 13.5. The van der Waals surface area contributed by atoms with E-state index in [2.05, 4.69) is 44.0 Å². The highest BCUT2D eigenvalue weighted by Crippen LogP contribution is 2.23. The molecule has 2 aromatic rings. The Hall–Kier alpha value is -2.34. The van der Waals surface area contributed by atoms with Gasteiger partial charge in [-0.05, 0) is 28.8 Å². The maximum Gasteiger partial charge on any atom is -0.0106 e. The van der Waals surface area contributed by atoms with Crippen LogP contribution in [0.4, 0.5) is 0 Å². The molecule has 0 heteroatoms. The topological polar surface area (TPSA) is 0 Å². The first-order valence-corrected chi connectivity index (χ1v) is 7.28. The first kappa shape index (κ1) is 18.7. The van der Waals surface area contributed by atoms with Crippen LogP contribution in [-0.2, 0) is 0 Å². The largest absolute Gasteiger partial charge is 0.0991 e. The predicted octanol–water partition coefficient (Wildman–Crippen LogP) is 6.90. The smallest absolute Gasteiger partial charge is 0.0106 e. The Morgan fingerprint density at radius 1 is 0.857 bits per heavy atom. The summed E-state index contributed by atoms with van der Waals surface area (Å²) in [5.41, 5.74) is 2.30. The van der Waals surface area contributed by atoms with Crippen LogP contribution in [0.15, 0.2) is 74.4 Å². The van der Waals surface area contributed by atoms with Crippen LogP contribution >= 0.6 is 0 Å². The molecule has 0 fully saturated rings. The summed E-state index contributed by atoms with van der Waals surface area (Å²) < 4.78 is 0. The lowest BCUT2D eigenvalue weighted by Crippen LogP contribution is -1.82. The molecule has 0 aliphatic carbocycles. The van der Waals surface area contributed by atoms with Crippen molar-refractivity contribution in [2.45, 2.75) is 20.8 Å². The third-order valence-corrected chi connectivity index (χ3v) is 2.76. The lowest BCUT2D eigenvalue weighted by atomic mass is 9.99. The predicted molar refractivity (Wildman–Crippen MR) is 100 cm³/mol. The van der Waals surface area contributed by atoms with Crippen molar-refractivity contribution < 1.29 is 0 Å². The lowest BCUT2D eigenvalue weighted by Gasteiger charge is -2.05. The highest BCUT2D eigenvalue weighted by Gasteiger charge is 2.00. The molecule has 0 unspecified atom stereocenters. The molecule has 0 aromatic heterocycles. The summed E-state index contributed by atoms with van der Waals surface area (Å²) >= 11 is 0. The highest BCUT2D eigenvalue weighted by atomic mass is 14.0. The van der Waals surface area contributed by atoms with Crippen LogP contribution in [0.25, 0.3) is 22.9 Å². The van der Waals surface area contributed by atoms with Gasteiger partial charge in [0.05, 0.1) is 0 Å². The van der Waals surface area contributed by atoms with Gasteiger partial charge in [-0.1, -0.05) is 100 Å². The van der Waals surface area contributed by atoms with Crippen LogP contribution in [0.3, 0.4) is 0 Å². The number of fused-ring (bicyclic) bond motifs is 1. The van der Waals surface area contributed by atoms with Crippen molar-refractivity contribution >= 4 is 22.9 Å². The molecular weight excluding hydrogens is 252 g/mol. The van der Waals surface area contributed by atoms with E-state index in [4.69, 9.17) is 0 Å². The van der Waals surface area contributed by atoms with Crippen LogP contribution in [-0.4, -0.2) is 0 Å². The molecule has 2 aromatic carbocycles. The van der Waals surface area contributed by atoms with Crippen LogP contribution in [0.5, 0.6) is 0 Å². The van der Waals surface area contributed by atoms with Crippen molar-refractivity contribution in [3.63, 3.8) is 0 Å². The van der Waals surface area contributed by atoms with Gasteiger partial charge in [0.15, 0.2) is 0 Å². The van der Waals surface area contributed by atoms with Gasteiger partial charge >= 0.3 is 0 Å². The molecule has 0 saturated carbocycles. The Balaban J connectivity index is 0.000000489. The normalized spacial score (nSPS) is 9.10. The average molecular weight is 278 g/mol. The number of hydrogen-bond donors (Lipinski definition) is 0. The minimum absolute atomic E-state index is 1.14. The van der Waals surface area contributed by atoms with Gasteiger partial charge in [-0.15, -0.1) is 0 Å².